The van der Waals surface area contributed by atoms with E-state index in [2.05, 4.69) is 34.2 Å². The van der Waals surface area contributed by atoms with Crippen molar-refractivity contribution in [3.8, 4) is 0 Å². The summed E-state index contributed by atoms with van der Waals surface area (Å²) in [5.41, 5.74) is 2.67. The molecule has 0 aromatic heterocycles. The molecule has 0 radical (unpaired) electrons. The molecule has 110 valence electrons. The molecule has 0 amide bonds. The van der Waals surface area contributed by atoms with Gasteiger partial charge in [-0.2, -0.15) is 0 Å². The summed E-state index contributed by atoms with van der Waals surface area (Å²) in [5.74, 6) is 0. The summed E-state index contributed by atoms with van der Waals surface area (Å²) < 4.78 is 0. The number of halogens is 1. The van der Waals surface area contributed by atoms with Gasteiger partial charge >= 0.3 is 0 Å². The number of hydrogen-bond acceptors (Lipinski definition) is 3. The predicted octanol–water partition coefficient (Wildman–Crippen LogP) is 2.73. The number of hydrogen-bond donors (Lipinski definition) is 1. The summed E-state index contributed by atoms with van der Waals surface area (Å²) in [6, 6.07) is 7.17. The summed E-state index contributed by atoms with van der Waals surface area (Å²) in [6.07, 6.45) is 2.81. The SMILES string of the molecule is CCNCc1ccc(Cl)cc1N1CCN(C2CC2)CC1. The second-order valence-electron chi connectivity index (χ2n) is 5.81. The van der Waals surface area contributed by atoms with Crippen LogP contribution in [0.5, 0.6) is 0 Å². The second kappa shape index (κ2) is 6.33. The first-order chi connectivity index (χ1) is 9.78. The molecule has 0 bridgehead atoms. The molecular formula is C16H24ClN3. The Bertz CT molecular complexity index is 451. The van der Waals surface area contributed by atoms with Crippen molar-refractivity contribution >= 4 is 17.3 Å². The highest BCUT2D eigenvalue weighted by Crippen LogP contribution is 2.30. The van der Waals surface area contributed by atoms with Gasteiger partial charge in [-0.05, 0) is 37.1 Å². The van der Waals surface area contributed by atoms with Crippen molar-refractivity contribution in [2.24, 2.45) is 0 Å². The average Bonchev–Trinajstić information content (AvgIpc) is 3.31. The van der Waals surface area contributed by atoms with Crippen LogP contribution in [0.1, 0.15) is 25.3 Å². The van der Waals surface area contributed by atoms with Crippen LogP contribution >= 0.6 is 11.6 Å². The number of nitrogens with one attached hydrogen (secondary N) is 1. The normalized spacial score (nSPS) is 20.4. The Labute approximate surface area is 126 Å². The third-order valence-electron chi connectivity index (χ3n) is 4.33. The van der Waals surface area contributed by atoms with E-state index in [1.54, 1.807) is 0 Å². The van der Waals surface area contributed by atoms with E-state index < -0.39 is 0 Å². The summed E-state index contributed by atoms with van der Waals surface area (Å²) in [4.78, 5) is 5.14. The molecule has 3 nitrogen and oxygen atoms in total. The van der Waals surface area contributed by atoms with Crippen LogP contribution in [-0.4, -0.2) is 43.7 Å². The van der Waals surface area contributed by atoms with Crippen molar-refractivity contribution in [3.63, 3.8) is 0 Å². The molecule has 1 heterocycles. The van der Waals surface area contributed by atoms with Crippen LogP contribution in [-0.2, 0) is 6.54 Å². The third-order valence-corrected chi connectivity index (χ3v) is 4.57. The minimum Gasteiger partial charge on any atom is -0.369 e. The van der Waals surface area contributed by atoms with Gasteiger partial charge < -0.3 is 10.2 Å². The lowest BCUT2D eigenvalue weighted by atomic mass is 10.1. The topological polar surface area (TPSA) is 18.5 Å². The fourth-order valence-electron chi connectivity index (χ4n) is 3.01. The molecule has 3 rings (SSSR count). The first-order valence-electron chi connectivity index (χ1n) is 7.76. The maximum atomic E-state index is 6.20. The van der Waals surface area contributed by atoms with E-state index in [9.17, 15) is 0 Å². The summed E-state index contributed by atoms with van der Waals surface area (Å²) >= 11 is 6.20. The first kappa shape index (κ1) is 14.2. The van der Waals surface area contributed by atoms with Crippen molar-refractivity contribution < 1.29 is 0 Å². The minimum absolute atomic E-state index is 0.838. The molecule has 1 aliphatic heterocycles. The fourth-order valence-corrected chi connectivity index (χ4v) is 3.17. The molecule has 1 N–H and O–H groups in total. The lowest BCUT2D eigenvalue weighted by Gasteiger charge is -2.37. The third kappa shape index (κ3) is 3.27. The highest BCUT2D eigenvalue weighted by Gasteiger charge is 2.31. The van der Waals surface area contributed by atoms with E-state index in [1.165, 1.54) is 37.2 Å². The molecule has 0 spiro atoms. The lowest BCUT2D eigenvalue weighted by Crippen LogP contribution is -2.47. The molecule has 4 heteroatoms. The van der Waals surface area contributed by atoms with Gasteiger partial charge in [0.25, 0.3) is 0 Å². The zero-order valence-electron chi connectivity index (χ0n) is 12.2. The predicted molar refractivity (Wildman–Crippen MR) is 85.6 cm³/mol. The molecule has 1 saturated heterocycles. The summed E-state index contributed by atoms with van der Waals surface area (Å²) in [6.45, 7) is 8.69. The summed E-state index contributed by atoms with van der Waals surface area (Å²) in [5, 5.41) is 4.26. The van der Waals surface area contributed by atoms with Gasteiger partial charge in [0.05, 0.1) is 0 Å². The Morgan fingerprint density at radius 2 is 1.95 bits per heavy atom. The highest BCUT2D eigenvalue weighted by atomic mass is 35.5. The van der Waals surface area contributed by atoms with Gasteiger partial charge in [-0.1, -0.05) is 24.6 Å². The van der Waals surface area contributed by atoms with Crippen LogP contribution < -0.4 is 10.2 Å². The van der Waals surface area contributed by atoms with E-state index in [0.717, 1.165) is 37.2 Å². The number of anilines is 1. The van der Waals surface area contributed by atoms with E-state index in [1.807, 2.05) is 6.07 Å². The van der Waals surface area contributed by atoms with Gasteiger partial charge in [-0.3, -0.25) is 4.90 Å². The van der Waals surface area contributed by atoms with Crippen molar-refractivity contribution in [3.05, 3.63) is 28.8 Å². The van der Waals surface area contributed by atoms with Gasteiger partial charge in [0, 0.05) is 49.5 Å². The van der Waals surface area contributed by atoms with Crippen molar-refractivity contribution in [1.82, 2.24) is 10.2 Å². The molecule has 1 aromatic carbocycles. The van der Waals surface area contributed by atoms with E-state index in [4.69, 9.17) is 11.6 Å². The minimum atomic E-state index is 0.838. The smallest absolute Gasteiger partial charge is 0.0427 e. The highest BCUT2D eigenvalue weighted by molar-refractivity contribution is 6.30. The second-order valence-corrected chi connectivity index (χ2v) is 6.24. The maximum Gasteiger partial charge on any atom is 0.0427 e. The van der Waals surface area contributed by atoms with Crippen LogP contribution in [0.3, 0.4) is 0 Å². The number of nitrogens with zero attached hydrogens (tertiary/aromatic N) is 2. The van der Waals surface area contributed by atoms with Gasteiger partial charge in [0.15, 0.2) is 0 Å². The Hall–Kier alpha value is -0.770. The number of rotatable bonds is 5. The van der Waals surface area contributed by atoms with Crippen LogP contribution in [0.4, 0.5) is 5.69 Å². The summed E-state index contributed by atoms with van der Waals surface area (Å²) in [7, 11) is 0. The van der Waals surface area contributed by atoms with Gasteiger partial charge in [-0.25, -0.2) is 0 Å². The monoisotopic (exact) mass is 293 g/mol. The zero-order chi connectivity index (χ0) is 13.9. The van der Waals surface area contributed by atoms with Crippen LogP contribution in [0.25, 0.3) is 0 Å². The standard InChI is InChI=1S/C16H24ClN3/c1-2-18-12-13-3-4-14(17)11-16(13)20-9-7-19(8-10-20)15-5-6-15/h3-4,11,15,18H,2,5-10,12H2,1H3. The largest absolute Gasteiger partial charge is 0.369 e. The van der Waals surface area contributed by atoms with Crippen LogP contribution in [0.15, 0.2) is 18.2 Å². The van der Waals surface area contributed by atoms with Crippen molar-refractivity contribution in [1.29, 1.82) is 0 Å². The molecule has 0 unspecified atom stereocenters. The molecule has 1 saturated carbocycles. The molecule has 2 aliphatic rings. The quantitative estimate of drug-likeness (QED) is 0.900. The van der Waals surface area contributed by atoms with E-state index >= 15 is 0 Å². The van der Waals surface area contributed by atoms with E-state index in [0.29, 0.717) is 0 Å². The first-order valence-corrected chi connectivity index (χ1v) is 8.14. The Balaban J connectivity index is 1.70. The number of benzene rings is 1. The van der Waals surface area contributed by atoms with Gasteiger partial charge in [-0.15, -0.1) is 0 Å². The Kier molecular flexibility index (Phi) is 4.49. The molecule has 20 heavy (non-hydrogen) atoms. The fraction of sp³-hybridized carbons (Fsp3) is 0.625. The molecule has 1 aliphatic carbocycles. The molecule has 1 aromatic rings. The molecule has 0 atom stereocenters. The zero-order valence-corrected chi connectivity index (χ0v) is 13.0. The average molecular weight is 294 g/mol. The lowest BCUT2D eigenvalue weighted by molar-refractivity contribution is 0.248. The van der Waals surface area contributed by atoms with Crippen LogP contribution in [0.2, 0.25) is 5.02 Å². The maximum absolute atomic E-state index is 6.20. The van der Waals surface area contributed by atoms with Crippen molar-refractivity contribution in [2.45, 2.75) is 32.4 Å². The van der Waals surface area contributed by atoms with E-state index in [-0.39, 0.29) is 0 Å². The van der Waals surface area contributed by atoms with Crippen molar-refractivity contribution in [2.75, 3.05) is 37.6 Å². The van der Waals surface area contributed by atoms with Gasteiger partial charge in [0.1, 0.15) is 0 Å². The van der Waals surface area contributed by atoms with Gasteiger partial charge in [0.2, 0.25) is 0 Å². The molecular weight excluding hydrogens is 270 g/mol. The Morgan fingerprint density at radius 1 is 1.20 bits per heavy atom. The number of piperazine rings is 1. The molecule has 2 fully saturated rings. The van der Waals surface area contributed by atoms with Crippen LogP contribution in [0, 0.1) is 0 Å². The Morgan fingerprint density at radius 3 is 2.60 bits per heavy atom.